The zero-order chi connectivity index (χ0) is 16.4. The minimum absolute atomic E-state index is 0.116. The number of thiocarbonyl (C=S) groups is 1. The first-order chi connectivity index (χ1) is 11.0. The summed E-state index contributed by atoms with van der Waals surface area (Å²) in [7, 11) is 0. The number of nitrogens with zero attached hydrogens (tertiary/aromatic N) is 2. The number of aromatic hydroxyl groups is 1. The van der Waals surface area contributed by atoms with Crippen LogP contribution in [0.5, 0.6) is 5.75 Å². The van der Waals surface area contributed by atoms with Crippen molar-refractivity contribution in [1.29, 1.82) is 0 Å². The largest absolute Gasteiger partial charge is 0.507 e. The van der Waals surface area contributed by atoms with Crippen LogP contribution >= 0.6 is 39.9 Å². The molecule has 4 nitrogen and oxygen atoms in total. The van der Waals surface area contributed by atoms with E-state index in [9.17, 15) is 9.90 Å². The lowest BCUT2D eigenvalue weighted by Crippen LogP contribution is -2.27. The molecule has 0 spiro atoms. The fraction of sp³-hybridized carbons (Fsp3) is 0.0625. The first-order valence-corrected chi connectivity index (χ1v) is 8.69. The molecule has 2 heterocycles. The summed E-state index contributed by atoms with van der Waals surface area (Å²) in [5.74, 6) is -0.0473. The highest BCUT2D eigenvalue weighted by atomic mass is 79.9. The van der Waals surface area contributed by atoms with Crippen LogP contribution < -0.4 is 0 Å². The Bertz CT molecular complexity index is 809. The van der Waals surface area contributed by atoms with Crippen LogP contribution in [0.4, 0.5) is 0 Å². The Morgan fingerprint density at radius 3 is 2.96 bits per heavy atom. The van der Waals surface area contributed by atoms with Gasteiger partial charge in [-0.15, -0.1) is 0 Å². The van der Waals surface area contributed by atoms with Crippen molar-refractivity contribution in [3.8, 4) is 5.75 Å². The lowest BCUT2D eigenvalue weighted by Gasteiger charge is -2.13. The molecule has 0 unspecified atom stereocenters. The molecule has 23 heavy (non-hydrogen) atoms. The third-order valence-electron chi connectivity index (χ3n) is 3.21. The van der Waals surface area contributed by atoms with Crippen molar-refractivity contribution >= 4 is 56.2 Å². The van der Waals surface area contributed by atoms with Gasteiger partial charge in [-0.25, -0.2) is 0 Å². The quantitative estimate of drug-likeness (QED) is 0.617. The summed E-state index contributed by atoms with van der Waals surface area (Å²) >= 11 is 9.89. The lowest BCUT2D eigenvalue weighted by atomic mass is 10.2. The minimum Gasteiger partial charge on any atom is -0.507 e. The highest BCUT2D eigenvalue weighted by molar-refractivity contribution is 9.10. The average Bonchev–Trinajstić information content (AvgIpc) is 2.80. The molecule has 0 atom stereocenters. The second kappa shape index (κ2) is 6.82. The van der Waals surface area contributed by atoms with Crippen LogP contribution in [0.3, 0.4) is 0 Å². The van der Waals surface area contributed by atoms with Crippen LogP contribution in [0.1, 0.15) is 11.1 Å². The number of thioether (sulfide) groups is 1. The molecule has 1 aromatic heterocycles. The van der Waals surface area contributed by atoms with Crippen molar-refractivity contribution in [3.05, 3.63) is 63.2 Å². The molecule has 1 saturated heterocycles. The summed E-state index contributed by atoms with van der Waals surface area (Å²) in [6, 6.07) is 8.79. The van der Waals surface area contributed by atoms with Crippen LogP contribution in [0.2, 0.25) is 0 Å². The summed E-state index contributed by atoms with van der Waals surface area (Å²) in [6.45, 7) is 0.389. The monoisotopic (exact) mass is 406 g/mol. The Balaban J connectivity index is 1.86. The zero-order valence-electron chi connectivity index (χ0n) is 11.8. The molecule has 116 valence electrons. The van der Waals surface area contributed by atoms with E-state index in [-0.39, 0.29) is 11.7 Å². The average molecular weight is 407 g/mol. The molecule has 2 aromatic rings. The van der Waals surface area contributed by atoms with E-state index in [1.54, 1.807) is 36.7 Å². The third kappa shape index (κ3) is 3.63. The van der Waals surface area contributed by atoms with E-state index in [4.69, 9.17) is 12.2 Å². The fourth-order valence-electron chi connectivity index (χ4n) is 2.09. The Labute approximate surface area is 151 Å². The number of rotatable bonds is 3. The maximum absolute atomic E-state index is 12.6. The Kier molecular flexibility index (Phi) is 4.79. The summed E-state index contributed by atoms with van der Waals surface area (Å²) < 4.78 is 1.33. The summed E-state index contributed by atoms with van der Waals surface area (Å²) in [5, 5.41) is 9.91. The number of hydrogen-bond acceptors (Lipinski definition) is 5. The zero-order valence-corrected chi connectivity index (χ0v) is 15.0. The van der Waals surface area contributed by atoms with E-state index in [2.05, 4.69) is 20.9 Å². The van der Waals surface area contributed by atoms with Gasteiger partial charge in [0.05, 0.1) is 11.4 Å². The van der Waals surface area contributed by atoms with Crippen LogP contribution in [0.15, 0.2) is 52.1 Å². The van der Waals surface area contributed by atoms with Crippen molar-refractivity contribution in [3.63, 3.8) is 0 Å². The molecule has 1 fully saturated rings. The van der Waals surface area contributed by atoms with Crippen LogP contribution in [-0.4, -0.2) is 25.2 Å². The van der Waals surface area contributed by atoms with E-state index in [1.807, 2.05) is 12.1 Å². The second-order valence-electron chi connectivity index (χ2n) is 4.83. The number of phenols is 1. The van der Waals surface area contributed by atoms with Crippen LogP contribution in [0.25, 0.3) is 6.08 Å². The number of benzene rings is 1. The highest BCUT2D eigenvalue weighted by Gasteiger charge is 2.32. The van der Waals surface area contributed by atoms with Gasteiger partial charge in [0, 0.05) is 22.4 Å². The predicted octanol–water partition coefficient (Wildman–Crippen LogP) is 3.95. The Morgan fingerprint density at radius 2 is 2.22 bits per heavy atom. The van der Waals surface area contributed by atoms with Crippen LogP contribution in [-0.2, 0) is 11.3 Å². The summed E-state index contributed by atoms with van der Waals surface area (Å²) in [6.07, 6.45) is 5.05. The van der Waals surface area contributed by atoms with E-state index in [1.165, 1.54) is 16.7 Å². The molecule has 7 heteroatoms. The Hall–Kier alpha value is -1.70. The van der Waals surface area contributed by atoms with E-state index in [0.29, 0.717) is 21.3 Å². The highest BCUT2D eigenvalue weighted by Crippen LogP contribution is 2.35. The normalized spacial score (nSPS) is 16.4. The van der Waals surface area contributed by atoms with Gasteiger partial charge in [-0.3, -0.25) is 14.7 Å². The molecule has 1 aliphatic heterocycles. The van der Waals surface area contributed by atoms with E-state index < -0.39 is 0 Å². The topological polar surface area (TPSA) is 53.4 Å². The number of aromatic nitrogens is 1. The van der Waals surface area contributed by atoms with Crippen molar-refractivity contribution in [2.24, 2.45) is 0 Å². The van der Waals surface area contributed by atoms with Gasteiger partial charge in [0.1, 0.15) is 10.1 Å². The van der Waals surface area contributed by atoms with Gasteiger partial charge in [0.25, 0.3) is 5.91 Å². The smallest absolute Gasteiger partial charge is 0.266 e. The van der Waals surface area contributed by atoms with Gasteiger partial charge in [-0.05, 0) is 35.9 Å². The van der Waals surface area contributed by atoms with Crippen LogP contribution in [0, 0.1) is 0 Å². The second-order valence-corrected chi connectivity index (χ2v) is 7.42. The Morgan fingerprint density at radius 1 is 1.39 bits per heavy atom. The fourth-order valence-corrected chi connectivity index (χ4v) is 3.72. The molecular formula is C16H11BrN2O2S2. The third-order valence-corrected chi connectivity index (χ3v) is 5.08. The van der Waals surface area contributed by atoms with E-state index in [0.717, 1.165) is 10.0 Å². The standard InChI is InChI=1S/C16H11BrN2O2S2/c17-12-3-4-13(20)11(6-12)7-14-15(21)19(16(22)23-14)9-10-2-1-5-18-8-10/h1-8,20H,9H2. The molecule has 3 rings (SSSR count). The van der Waals surface area contributed by atoms with Gasteiger partial charge in [-0.1, -0.05) is 46.0 Å². The first-order valence-electron chi connectivity index (χ1n) is 6.67. The number of hydrogen-bond donors (Lipinski definition) is 1. The van der Waals surface area contributed by atoms with Gasteiger partial charge in [0.15, 0.2) is 0 Å². The van der Waals surface area contributed by atoms with Gasteiger partial charge < -0.3 is 5.11 Å². The first kappa shape index (κ1) is 16.2. The molecule has 0 bridgehead atoms. The molecule has 1 aromatic carbocycles. The number of halogens is 1. The SMILES string of the molecule is O=C1C(=Cc2cc(Br)ccc2O)SC(=S)N1Cc1cccnc1. The van der Waals surface area contributed by atoms with Crippen molar-refractivity contribution in [1.82, 2.24) is 9.88 Å². The van der Waals surface area contributed by atoms with Crippen molar-refractivity contribution in [2.75, 3.05) is 0 Å². The predicted molar refractivity (Wildman–Crippen MR) is 98.8 cm³/mol. The minimum atomic E-state index is -0.164. The van der Waals surface area contributed by atoms with Gasteiger partial charge >= 0.3 is 0 Å². The molecule has 0 radical (unpaired) electrons. The molecule has 1 N–H and O–H groups in total. The van der Waals surface area contributed by atoms with Crippen molar-refractivity contribution < 1.29 is 9.90 Å². The number of carbonyl (C=O) groups excluding carboxylic acids is 1. The number of carbonyl (C=O) groups is 1. The number of amides is 1. The lowest BCUT2D eigenvalue weighted by molar-refractivity contribution is -0.122. The number of pyridine rings is 1. The van der Waals surface area contributed by atoms with Gasteiger partial charge in [-0.2, -0.15) is 0 Å². The van der Waals surface area contributed by atoms with Crippen molar-refractivity contribution in [2.45, 2.75) is 6.54 Å². The molecule has 1 aliphatic rings. The molecule has 1 amide bonds. The maximum Gasteiger partial charge on any atom is 0.266 e. The van der Waals surface area contributed by atoms with Gasteiger partial charge in [0.2, 0.25) is 0 Å². The molecule has 0 aliphatic carbocycles. The molecular weight excluding hydrogens is 396 g/mol. The number of phenolic OH excluding ortho intramolecular Hbond substituents is 1. The summed E-state index contributed by atoms with van der Waals surface area (Å²) in [5.41, 5.74) is 1.48. The summed E-state index contributed by atoms with van der Waals surface area (Å²) in [4.78, 5) is 18.6. The van der Waals surface area contributed by atoms with E-state index >= 15 is 0 Å². The maximum atomic E-state index is 12.6. The molecule has 0 saturated carbocycles.